The van der Waals surface area contributed by atoms with E-state index in [9.17, 15) is 24.6 Å². The van der Waals surface area contributed by atoms with Gasteiger partial charge in [-0.3, -0.25) is 9.59 Å². The van der Waals surface area contributed by atoms with Crippen LogP contribution in [0.4, 0.5) is 0 Å². The molecular formula is C34H46O11. The van der Waals surface area contributed by atoms with Gasteiger partial charge in [-0.2, -0.15) is 0 Å². The van der Waals surface area contributed by atoms with E-state index in [-0.39, 0.29) is 49.8 Å². The second-order valence-corrected chi connectivity index (χ2v) is 15.4. The number of cyclic esters (lactones) is 2. The first-order valence-corrected chi connectivity index (χ1v) is 16.5. The van der Waals surface area contributed by atoms with Crippen LogP contribution in [0.25, 0.3) is 0 Å². The monoisotopic (exact) mass is 630 g/mol. The zero-order valence-corrected chi connectivity index (χ0v) is 26.6. The van der Waals surface area contributed by atoms with Gasteiger partial charge in [-0.05, 0) is 57.4 Å². The lowest BCUT2D eigenvalue weighted by molar-refractivity contribution is -0.252. The smallest absolute Gasteiger partial charge is 0.339 e. The summed E-state index contributed by atoms with van der Waals surface area (Å²) in [6.07, 6.45) is 2.68. The summed E-state index contributed by atoms with van der Waals surface area (Å²) in [7, 11) is 0. The molecule has 0 aromatic carbocycles. The lowest BCUT2D eigenvalue weighted by atomic mass is 9.36. The number of aliphatic hydroxyl groups is 3. The lowest BCUT2D eigenvalue weighted by Crippen LogP contribution is -2.76. The van der Waals surface area contributed by atoms with Gasteiger partial charge in [-0.25, -0.2) is 4.79 Å². The van der Waals surface area contributed by atoms with E-state index in [1.54, 1.807) is 6.26 Å². The molecule has 11 heteroatoms. The number of carbonyl (C=O) groups excluding carboxylic acids is 3. The molecule has 2 spiro atoms. The van der Waals surface area contributed by atoms with Gasteiger partial charge in [0.2, 0.25) is 0 Å². The Bertz CT molecular complexity index is 1390. The Kier molecular flexibility index (Phi) is 7.19. The number of furan rings is 1. The summed E-state index contributed by atoms with van der Waals surface area (Å²) < 4.78 is 30.8. The number of hydrogen-bond donors (Lipinski definition) is 3. The molecule has 4 aliphatic heterocycles. The zero-order valence-electron chi connectivity index (χ0n) is 26.6. The maximum Gasteiger partial charge on any atom is 0.339 e. The maximum atomic E-state index is 14.4. The van der Waals surface area contributed by atoms with E-state index in [4.69, 9.17) is 28.5 Å². The van der Waals surface area contributed by atoms with Crippen molar-refractivity contribution in [1.29, 1.82) is 0 Å². The molecule has 6 aliphatic rings. The molecule has 11 nitrogen and oxygen atoms in total. The maximum absolute atomic E-state index is 14.4. The molecular weight excluding hydrogens is 584 g/mol. The number of epoxide rings is 1. The summed E-state index contributed by atoms with van der Waals surface area (Å²) in [5.41, 5.74) is -4.32. The van der Waals surface area contributed by atoms with Gasteiger partial charge in [-0.15, -0.1) is 0 Å². The molecule has 45 heavy (non-hydrogen) atoms. The Morgan fingerprint density at radius 1 is 1.02 bits per heavy atom. The summed E-state index contributed by atoms with van der Waals surface area (Å²) in [6, 6.07) is 1.81. The van der Waals surface area contributed by atoms with Crippen molar-refractivity contribution in [3.8, 4) is 0 Å². The molecule has 4 saturated heterocycles. The van der Waals surface area contributed by atoms with Gasteiger partial charge in [-0.1, -0.05) is 26.7 Å². The first-order valence-electron chi connectivity index (χ1n) is 16.5. The molecule has 0 amide bonds. The quantitative estimate of drug-likeness (QED) is 0.209. The number of fused-ring (bicyclic) bond motifs is 1. The van der Waals surface area contributed by atoms with Crippen molar-refractivity contribution in [2.24, 2.45) is 34.0 Å². The summed E-state index contributed by atoms with van der Waals surface area (Å²) in [5.74, 6) is -1.74. The van der Waals surface area contributed by atoms with Crippen molar-refractivity contribution in [2.45, 2.75) is 115 Å². The highest BCUT2D eigenvalue weighted by molar-refractivity contribution is 5.92. The lowest BCUT2D eigenvalue weighted by Gasteiger charge is -2.66. The van der Waals surface area contributed by atoms with Crippen LogP contribution in [-0.4, -0.2) is 82.4 Å². The Morgan fingerprint density at radius 2 is 1.80 bits per heavy atom. The van der Waals surface area contributed by atoms with Crippen molar-refractivity contribution < 1.29 is 53.1 Å². The summed E-state index contributed by atoms with van der Waals surface area (Å²) in [6.45, 7) is 7.71. The van der Waals surface area contributed by atoms with Crippen molar-refractivity contribution >= 4 is 17.7 Å². The van der Waals surface area contributed by atoms with E-state index < -0.39 is 63.8 Å². The Hall–Kier alpha value is -2.31. The van der Waals surface area contributed by atoms with E-state index in [1.165, 1.54) is 0 Å². The van der Waals surface area contributed by atoms with Crippen LogP contribution in [0.15, 0.2) is 16.7 Å². The van der Waals surface area contributed by atoms with E-state index in [1.807, 2.05) is 33.8 Å². The second kappa shape index (κ2) is 10.3. The van der Waals surface area contributed by atoms with Crippen LogP contribution in [0.3, 0.4) is 0 Å². The number of Topliss-reactive ketones (excluding diaryl/α,β-unsaturated/α-hetero) is 1. The minimum absolute atomic E-state index is 0.0153. The van der Waals surface area contributed by atoms with E-state index in [2.05, 4.69) is 0 Å². The first kappa shape index (κ1) is 31.3. The van der Waals surface area contributed by atoms with Crippen molar-refractivity contribution in [1.82, 2.24) is 0 Å². The largest absolute Gasteiger partial charge is 0.469 e. The van der Waals surface area contributed by atoms with Crippen LogP contribution in [0, 0.1) is 34.0 Å². The summed E-state index contributed by atoms with van der Waals surface area (Å²) in [4.78, 5) is 40.6. The molecule has 248 valence electrons. The van der Waals surface area contributed by atoms with E-state index in [0.717, 1.165) is 19.3 Å². The topological polar surface area (TPSA) is 165 Å². The van der Waals surface area contributed by atoms with Gasteiger partial charge in [0, 0.05) is 41.4 Å². The number of rotatable bonds is 9. The van der Waals surface area contributed by atoms with Crippen LogP contribution >= 0.6 is 0 Å². The van der Waals surface area contributed by atoms with E-state index >= 15 is 0 Å². The number of esters is 2. The molecule has 3 N–H and O–H groups in total. The third kappa shape index (κ3) is 3.90. The molecule has 0 radical (unpaired) electrons. The number of hydrogen-bond acceptors (Lipinski definition) is 11. The normalized spacial score (nSPS) is 44.9. The Morgan fingerprint density at radius 3 is 2.53 bits per heavy atom. The SMILES string of the molecule is CC1(C)O[C@H]2CC(=O)OC[C@]23[C@H]1C(=O)[C@@H](O)[C@]1(C)[C@H]3CC[C@@]2(C)[C@H](c3ccoc3C[C@H](CO)CCCCCO)OC(=O)[C@H]3O[C@]312. The molecule has 2 aliphatic carbocycles. The van der Waals surface area contributed by atoms with Crippen molar-refractivity contribution in [2.75, 3.05) is 19.8 Å². The molecule has 1 aromatic rings. The third-order valence-electron chi connectivity index (χ3n) is 12.9. The highest BCUT2D eigenvalue weighted by Crippen LogP contribution is 2.80. The van der Waals surface area contributed by atoms with E-state index in [0.29, 0.717) is 37.0 Å². The number of ether oxygens (including phenoxy) is 4. The standard InChI is InChI=1S/C34H46O11/c1-30(2)25-24(38)26(39)32(4)21(33(25)17-42-23(37)15-22(33)44-30)9-11-31(3)27(43-29(40)28-34(31,32)45-28)19-10-13-41-20(19)14-18(16-36)8-6-5-7-12-35/h10,13,18,21-22,25-28,35-36,39H,5-9,11-12,14-17H2,1-4H3/t18-,21-,22+,25+,26-,27+,28-,31+,32+,33-,34+/m1/s1. The van der Waals surface area contributed by atoms with Crippen LogP contribution < -0.4 is 0 Å². The third-order valence-corrected chi connectivity index (χ3v) is 12.9. The number of unbranched alkanes of at least 4 members (excludes halogenated alkanes) is 2. The van der Waals surface area contributed by atoms with Gasteiger partial charge in [0.25, 0.3) is 0 Å². The highest BCUT2D eigenvalue weighted by Gasteiger charge is 2.90. The number of carbonyl (C=O) groups is 3. The Balaban J connectivity index is 1.27. The average Bonchev–Trinajstić information content (AvgIpc) is 3.55. The molecule has 1 aromatic heterocycles. The van der Waals surface area contributed by atoms with Crippen molar-refractivity contribution in [3.63, 3.8) is 0 Å². The zero-order chi connectivity index (χ0) is 32.2. The fraction of sp³-hybridized carbons (Fsp3) is 0.794. The molecule has 11 atom stereocenters. The minimum atomic E-state index is -1.44. The number of aliphatic hydroxyl groups excluding tert-OH is 3. The van der Waals surface area contributed by atoms with Crippen LogP contribution in [0.1, 0.15) is 90.1 Å². The van der Waals surface area contributed by atoms with Crippen LogP contribution in [-0.2, 0) is 39.8 Å². The fourth-order valence-electron chi connectivity index (χ4n) is 11.1. The average molecular weight is 631 g/mol. The molecule has 6 fully saturated rings. The highest BCUT2D eigenvalue weighted by atomic mass is 16.7. The van der Waals surface area contributed by atoms with Gasteiger partial charge >= 0.3 is 11.9 Å². The second-order valence-electron chi connectivity index (χ2n) is 15.4. The minimum Gasteiger partial charge on any atom is -0.469 e. The number of ketones is 1. The van der Waals surface area contributed by atoms with Gasteiger partial charge in [0.05, 0.1) is 30.3 Å². The van der Waals surface area contributed by atoms with Gasteiger partial charge in [0.1, 0.15) is 30.2 Å². The first-order chi connectivity index (χ1) is 21.3. The van der Waals surface area contributed by atoms with Crippen LogP contribution in [0.5, 0.6) is 0 Å². The molecule has 0 bridgehead atoms. The fourth-order valence-corrected chi connectivity index (χ4v) is 11.1. The predicted octanol–water partition coefficient (Wildman–Crippen LogP) is 2.81. The summed E-state index contributed by atoms with van der Waals surface area (Å²) >= 11 is 0. The Labute approximate surface area is 262 Å². The van der Waals surface area contributed by atoms with Gasteiger partial charge < -0.3 is 38.7 Å². The summed E-state index contributed by atoms with van der Waals surface area (Å²) in [5, 5.41) is 31.4. The molecule has 5 heterocycles. The van der Waals surface area contributed by atoms with Gasteiger partial charge in [0.15, 0.2) is 11.9 Å². The molecule has 2 saturated carbocycles. The molecule has 7 rings (SSSR count). The van der Waals surface area contributed by atoms with Crippen molar-refractivity contribution in [3.05, 3.63) is 23.7 Å². The molecule has 0 unspecified atom stereocenters. The predicted molar refractivity (Wildman–Crippen MR) is 155 cm³/mol. The van der Waals surface area contributed by atoms with Crippen LogP contribution in [0.2, 0.25) is 0 Å².